The van der Waals surface area contributed by atoms with Crippen LogP contribution in [0.2, 0.25) is 0 Å². The SMILES string of the molecule is Cl.N.N.N.N.[Pd]. The Morgan fingerprint density at radius 2 is 0.500 bits per heavy atom. The molecule has 50 valence electrons. The van der Waals surface area contributed by atoms with Crippen molar-refractivity contribution in [3.63, 3.8) is 0 Å². The standard InChI is InChI=1S/ClH.4H3N.Pd/h1H;4*1H3;. The van der Waals surface area contributed by atoms with Gasteiger partial charge in [0.25, 0.3) is 0 Å². The fraction of sp³-hybridized carbons (Fsp3) is 0. The van der Waals surface area contributed by atoms with Gasteiger partial charge in [0.1, 0.15) is 0 Å². The van der Waals surface area contributed by atoms with Crippen molar-refractivity contribution in [2.75, 3.05) is 0 Å². The Labute approximate surface area is 57.8 Å². The van der Waals surface area contributed by atoms with Crippen LogP contribution in [0.3, 0.4) is 0 Å². The predicted molar refractivity (Wildman–Crippen MR) is 27.3 cm³/mol. The first-order chi connectivity index (χ1) is 0. The van der Waals surface area contributed by atoms with Gasteiger partial charge in [0, 0.05) is 20.4 Å². The molecule has 0 fully saturated rings. The normalized spacial score (nSPS) is 0. The molecular weight excluding hydrogens is 198 g/mol. The molecule has 0 aliphatic rings. The summed E-state index contributed by atoms with van der Waals surface area (Å²) in [4.78, 5) is 0. The van der Waals surface area contributed by atoms with E-state index in [9.17, 15) is 0 Å². The fourth-order valence-electron chi connectivity index (χ4n) is 0. The van der Waals surface area contributed by atoms with E-state index in [0.29, 0.717) is 0 Å². The van der Waals surface area contributed by atoms with E-state index < -0.39 is 0 Å². The molecule has 0 radical (unpaired) electrons. The number of hydrogen-bond acceptors (Lipinski definition) is 4. The zero-order valence-corrected chi connectivity index (χ0v) is 5.92. The molecule has 0 heterocycles. The average molecular weight is 211 g/mol. The Morgan fingerprint density at radius 1 is 0.500 bits per heavy atom. The van der Waals surface area contributed by atoms with Crippen molar-refractivity contribution in [3.8, 4) is 0 Å². The molecule has 4 nitrogen and oxygen atoms in total. The zero-order chi connectivity index (χ0) is 0. The van der Waals surface area contributed by atoms with Gasteiger partial charge >= 0.3 is 0 Å². The molecule has 0 aromatic rings. The molecule has 0 bridgehead atoms. The van der Waals surface area contributed by atoms with Crippen LogP contribution in [0.5, 0.6) is 0 Å². The van der Waals surface area contributed by atoms with Gasteiger partial charge in [-0.3, -0.25) is 0 Å². The first-order valence-electron chi connectivity index (χ1n) is 0. The predicted octanol–water partition coefficient (Wildman–Crippen LogP) is 1.07. The van der Waals surface area contributed by atoms with Crippen molar-refractivity contribution < 1.29 is 20.4 Å². The van der Waals surface area contributed by atoms with Gasteiger partial charge in [0.2, 0.25) is 0 Å². The number of rotatable bonds is 0. The van der Waals surface area contributed by atoms with Gasteiger partial charge in [-0.15, -0.1) is 12.4 Å². The molecular formula is H13ClN4Pd. The summed E-state index contributed by atoms with van der Waals surface area (Å²) < 4.78 is 0. The Hall–Kier alpha value is 0.792. The summed E-state index contributed by atoms with van der Waals surface area (Å²) in [5.74, 6) is 0. The molecule has 0 rings (SSSR count). The van der Waals surface area contributed by atoms with E-state index in [1.807, 2.05) is 0 Å². The third-order valence-electron chi connectivity index (χ3n) is 0. The molecule has 0 atom stereocenters. The number of halogens is 1. The van der Waals surface area contributed by atoms with Crippen molar-refractivity contribution in [1.29, 1.82) is 0 Å². The first kappa shape index (κ1) is 363. The maximum Gasteiger partial charge on any atom is 0 e. The van der Waals surface area contributed by atoms with Crippen LogP contribution in [-0.4, -0.2) is 0 Å². The van der Waals surface area contributed by atoms with Gasteiger partial charge in [0.15, 0.2) is 0 Å². The largest absolute Gasteiger partial charge is 0.344 e. The van der Waals surface area contributed by atoms with Crippen LogP contribution in [0.25, 0.3) is 0 Å². The molecule has 6 heteroatoms. The number of hydrogen-bond donors (Lipinski definition) is 4. The van der Waals surface area contributed by atoms with Crippen LogP contribution in [-0.2, 0) is 20.4 Å². The third kappa shape index (κ3) is 110. The molecule has 0 saturated carbocycles. The van der Waals surface area contributed by atoms with Crippen LogP contribution in [0, 0.1) is 0 Å². The zero-order valence-electron chi connectivity index (χ0n) is 3.55. The van der Waals surface area contributed by atoms with Crippen molar-refractivity contribution in [2.24, 2.45) is 0 Å². The molecule has 0 aliphatic heterocycles. The van der Waals surface area contributed by atoms with E-state index in [1.165, 1.54) is 0 Å². The van der Waals surface area contributed by atoms with Crippen LogP contribution in [0.15, 0.2) is 0 Å². The average Bonchev–Trinajstić information content (AvgIpc) is 0. The van der Waals surface area contributed by atoms with Gasteiger partial charge < -0.3 is 24.6 Å². The van der Waals surface area contributed by atoms with Gasteiger partial charge in [0.05, 0.1) is 0 Å². The Bertz CT molecular complexity index is 7.51. The van der Waals surface area contributed by atoms with Crippen LogP contribution < -0.4 is 24.6 Å². The van der Waals surface area contributed by atoms with Gasteiger partial charge in [-0.2, -0.15) is 0 Å². The van der Waals surface area contributed by atoms with Gasteiger partial charge in [-0.1, -0.05) is 0 Å². The summed E-state index contributed by atoms with van der Waals surface area (Å²) in [6, 6.07) is 0. The molecule has 12 N–H and O–H groups in total. The summed E-state index contributed by atoms with van der Waals surface area (Å²) in [6.07, 6.45) is 0. The molecule has 0 amide bonds. The summed E-state index contributed by atoms with van der Waals surface area (Å²) in [5.41, 5.74) is 0. The van der Waals surface area contributed by atoms with Crippen molar-refractivity contribution in [1.82, 2.24) is 24.6 Å². The van der Waals surface area contributed by atoms with Gasteiger partial charge in [-0.05, 0) is 0 Å². The smallest absolute Gasteiger partial charge is 0 e. The maximum atomic E-state index is 0. The molecule has 0 aromatic carbocycles. The van der Waals surface area contributed by atoms with Crippen LogP contribution in [0.4, 0.5) is 0 Å². The van der Waals surface area contributed by atoms with E-state index in [0.717, 1.165) is 0 Å². The minimum atomic E-state index is 0. The Balaban J connectivity index is 0. The minimum absolute atomic E-state index is 0. The van der Waals surface area contributed by atoms with Crippen LogP contribution >= 0.6 is 12.4 Å². The van der Waals surface area contributed by atoms with E-state index in [-0.39, 0.29) is 57.4 Å². The minimum Gasteiger partial charge on any atom is -0.344 e. The third-order valence-corrected chi connectivity index (χ3v) is 0. The van der Waals surface area contributed by atoms with Crippen molar-refractivity contribution >= 4 is 12.4 Å². The summed E-state index contributed by atoms with van der Waals surface area (Å²) in [6.45, 7) is 0. The van der Waals surface area contributed by atoms with Crippen molar-refractivity contribution in [2.45, 2.75) is 0 Å². The van der Waals surface area contributed by atoms with E-state index in [1.54, 1.807) is 0 Å². The maximum absolute atomic E-state index is 0. The summed E-state index contributed by atoms with van der Waals surface area (Å²) in [7, 11) is 0. The summed E-state index contributed by atoms with van der Waals surface area (Å²) in [5, 5.41) is 0. The molecule has 6 heavy (non-hydrogen) atoms. The quantitative estimate of drug-likeness (QED) is 0.444. The molecule has 0 unspecified atom stereocenters. The van der Waals surface area contributed by atoms with Gasteiger partial charge in [-0.25, -0.2) is 0 Å². The Morgan fingerprint density at radius 3 is 0.500 bits per heavy atom. The second-order valence-electron chi connectivity index (χ2n) is 0. The monoisotopic (exact) mass is 210 g/mol. The molecule has 0 spiro atoms. The van der Waals surface area contributed by atoms with E-state index in [2.05, 4.69) is 0 Å². The Kier molecular flexibility index (Phi) is 12800. The van der Waals surface area contributed by atoms with Crippen LogP contribution in [0.1, 0.15) is 0 Å². The molecule has 0 saturated heterocycles. The molecule has 0 aliphatic carbocycles. The second kappa shape index (κ2) is 212. The molecule has 0 aromatic heterocycles. The van der Waals surface area contributed by atoms with E-state index >= 15 is 0 Å². The summed E-state index contributed by atoms with van der Waals surface area (Å²) >= 11 is 0. The topological polar surface area (TPSA) is 140 Å². The van der Waals surface area contributed by atoms with Crippen molar-refractivity contribution in [3.05, 3.63) is 0 Å². The first-order valence-corrected chi connectivity index (χ1v) is 0. The van der Waals surface area contributed by atoms with E-state index in [4.69, 9.17) is 0 Å². The fourth-order valence-corrected chi connectivity index (χ4v) is 0. The second-order valence-corrected chi connectivity index (χ2v) is 0.